The summed E-state index contributed by atoms with van der Waals surface area (Å²) in [4.78, 5) is 0. The van der Waals surface area contributed by atoms with Crippen molar-refractivity contribution in [2.24, 2.45) is 5.41 Å². The Bertz CT molecular complexity index is 392. The van der Waals surface area contributed by atoms with Crippen molar-refractivity contribution in [1.29, 1.82) is 0 Å². The van der Waals surface area contributed by atoms with Crippen LogP contribution in [0.5, 0.6) is 5.75 Å². The topological polar surface area (TPSA) is 21.3 Å². The van der Waals surface area contributed by atoms with E-state index in [2.05, 4.69) is 57.3 Å². The molecule has 1 aromatic rings. The van der Waals surface area contributed by atoms with E-state index in [0.717, 1.165) is 18.7 Å². The Hall–Kier alpha value is -1.02. The molecule has 2 rings (SSSR count). The highest BCUT2D eigenvalue weighted by atomic mass is 16.5. The van der Waals surface area contributed by atoms with Crippen molar-refractivity contribution in [2.75, 3.05) is 6.54 Å². The molecule has 1 atom stereocenters. The summed E-state index contributed by atoms with van der Waals surface area (Å²) in [5.41, 5.74) is 1.62. The highest BCUT2D eigenvalue weighted by molar-refractivity contribution is 5.30. The van der Waals surface area contributed by atoms with Crippen LogP contribution >= 0.6 is 0 Å². The lowest BCUT2D eigenvalue weighted by Crippen LogP contribution is -2.33. The standard InChI is InChI=1S/C17H27NO/c1-5-17(3,4)16(18-6-2)13-7-9-14(10-8-13)19-15-11-12-15/h7-10,15-16,18H,5-6,11-12H2,1-4H3. The lowest BCUT2D eigenvalue weighted by molar-refractivity contribution is 0.237. The molecule has 19 heavy (non-hydrogen) atoms. The van der Waals surface area contributed by atoms with Crippen LogP contribution in [-0.4, -0.2) is 12.6 Å². The number of hydrogen-bond acceptors (Lipinski definition) is 2. The molecule has 1 aliphatic rings. The quantitative estimate of drug-likeness (QED) is 0.789. The average Bonchev–Trinajstić information content (AvgIpc) is 3.21. The van der Waals surface area contributed by atoms with Crippen LogP contribution in [0.15, 0.2) is 24.3 Å². The van der Waals surface area contributed by atoms with Crippen LogP contribution in [0.3, 0.4) is 0 Å². The molecule has 1 saturated carbocycles. The smallest absolute Gasteiger partial charge is 0.119 e. The van der Waals surface area contributed by atoms with Crippen molar-refractivity contribution in [3.05, 3.63) is 29.8 Å². The SMILES string of the molecule is CCNC(c1ccc(OC2CC2)cc1)C(C)(C)CC. The second-order valence-electron chi connectivity index (χ2n) is 6.22. The summed E-state index contributed by atoms with van der Waals surface area (Å²) in [7, 11) is 0. The summed E-state index contributed by atoms with van der Waals surface area (Å²) >= 11 is 0. The number of ether oxygens (including phenoxy) is 1. The third kappa shape index (κ3) is 3.73. The zero-order valence-corrected chi connectivity index (χ0v) is 12.7. The van der Waals surface area contributed by atoms with Crippen LogP contribution in [0.4, 0.5) is 0 Å². The Kier molecular flexibility index (Phi) is 4.51. The number of rotatable bonds is 7. The van der Waals surface area contributed by atoms with Gasteiger partial charge in [-0.2, -0.15) is 0 Å². The molecular weight excluding hydrogens is 234 g/mol. The first-order valence-corrected chi connectivity index (χ1v) is 7.57. The monoisotopic (exact) mass is 261 g/mol. The van der Waals surface area contributed by atoms with Gasteiger partial charge in [0.1, 0.15) is 5.75 Å². The average molecular weight is 261 g/mol. The van der Waals surface area contributed by atoms with Gasteiger partial charge in [-0.15, -0.1) is 0 Å². The normalized spacial score (nSPS) is 17.3. The van der Waals surface area contributed by atoms with Gasteiger partial charge in [0.05, 0.1) is 6.10 Å². The molecule has 1 fully saturated rings. The second kappa shape index (κ2) is 5.96. The van der Waals surface area contributed by atoms with Gasteiger partial charge in [0.25, 0.3) is 0 Å². The maximum atomic E-state index is 5.81. The molecule has 2 heteroatoms. The van der Waals surface area contributed by atoms with Gasteiger partial charge in [-0.05, 0) is 48.9 Å². The van der Waals surface area contributed by atoms with Gasteiger partial charge < -0.3 is 10.1 Å². The van der Waals surface area contributed by atoms with E-state index >= 15 is 0 Å². The fraction of sp³-hybridized carbons (Fsp3) is 0.647. The Morgan fingerprint density at radius 1 is 1.21 bits per heavy atom. The molecule has 0 radical (unpaired) electrons. The van der Waals surface area contributed by atoms with E-state index in [9.17, 15) is 0 Å². The van der Waals surface area contributed by atoms with Crippen LogP contribution in [-0.2, 0) is 0 Å². The molecule has 1 unspecified atom stereocenters. The summed E-state index contributed by atoms with van der Waals surface area (Å²) in [6, 6.07) is 9.05. The molecule has 2 nitrogen and oxygen atoms in total. The summed E-state index contributed by atoms with van der Waals surface area (Å²) in [6.07, 6.45) is 4.06. The predicted octanol–water partition coefficient (Wildman–Crippen LogP) is 4.31. The molecule has 0 heterocycles. The predicted molar refractivity (Wildman–Crippen MR) is 80.6 cm³/mol. The molecule has 1 aromatic carbocycles. The minimum atomic E-state index is 0.259. The van der Waals surface area contributed by atoms with Crippen molar-refractivity contribution < 1.29 is 4.74 Å². The van der Waals surface area contributed by atoms with Crippen molar-refractivity contribution in [2.45, 2.75) is 59.1 Å². The largest absolute Gasteiger partial charge is 0.490 e. The highest BCUT2D eigenvalue weighted by Gasteiger charge is 2.28. The Balaban J connectivity index is 2.11. The van der Waals surface area contributed by atoms with E-state index in [4.69, 9.17) is 4.74 Å². The molecule has 1 N–H and O–H groups in total. The molecule has 0 bridgehead atoms. The second-order valence-corrected chi connectivity index (χ2v) is 6.22. The first-order valence-electron chi connectivity index (χ1n) is 7.57. The van der Waals surface area contributed by atoms with Crippen molar-refractivity contribution in [1.82, 2.24) is 5.32 Å². The van der Waals surface area contributed by atoms with Gasteiger partial charge in [-0.25, -0.2) is 0 Å². The number of hydrogen-bond donors (Lipinski definition) is 1. The zero-order valence-electron chi connectivity index (χ0n) is 12.7. The Labute approximate surface area is 117 Å². The van der Waals surface area contributed by atoms with E-state index in [1.165, 1.54) is 18.4 Å². The third-order valence-corrected chi connectivity index (χ3v) is 4.14. The van der Waals surface area contributed by atoms with Crippen molar-refractivity contribution in [3.8, 4) is 5.75 Å². The fourth-order valence-corrected chi connectivity index (χ4v) is 2.37. The van der Waals surface area contributed by atoms with E-state index in [1.807, 2.05) is 0 Å². The van der Waals surface area contributed by atoms with Crippen molar-refractivity contribution in [3.63, 3.8) is 0 Å². The van der Waals surface area contributed by atoms with Crippen molar-refractivity contribution >= 4 is 0 Å². The molecule has 0 aliphatic heterocycles. The van der Waals surface area contributed by atoms with Gasteiger partial charge in [-0.1, -0.05) is 39.8 Å². The number of benzene rings is 1. The van der Waals surface area contributed by atoms with Gasteiger partial charge in [0, 0.05) is 6.04 Å². The molecule has 0 saturated heterocycles. The van der Waals surface area contributed by atoms with Crippen LogP contribution in [0.2, 0.25) is 0 Å². The number of nitrogens with one attached hydrogen (secondary N) is 1. The summed E-state index contributed by atoms with van der Waals surface area (Å²) in [6.45, 7) is 10.1. The first kappa shape index (κ1) is 14.4. The van der Waals surface area contributed by atoms with Crippen LogP contribution in [0.25, 0.3) is 0 Å². The lowest BCUT2D eigenvalue weighted by Gasteiger charge is -2.34. The molecule has 1 aliphatic carbocycles. The van der Waals surface area contributed by atoms with Gasteiger partial charge in [0.2, 0.25) is 0 Å². The highest BCUT2D eigenvalue weighted by Crippen LogP contribution is 2.37. The molecule has 0 amide bonds. The summed E-state index contributed by atoms with van der Waals surface area (Å²) in [5, 5.41) is 3.62. The van der Waals surface area contributed by atoms with E-state index in [1.54, 1.807) is 0 Å². The van der Waals surface area contributed by atoms with Crippen LogP contribution < -0.4 is 10.1 Å². The van der Waals surface area contributed by atoms with Gasteiger partial charge in [-0.3, -0.25) is 0 Å². The minimum absolute atomic E-state index is 0.259. The van der Waals surface area contributed by atoms with E-state index in [0.29, 0.717) is 12.1 Å². The van der Waals surface area contributed by atoms with Gasteiger partial charge >= 0.3 is 0 Å². The van der Waals surface area contributed by atoms with Gasteiger partial charge in [0.15, 0.2) is 0 Å². The lowest BCUT2D eigenvalue weighted by atomic mass is 9.78. The Morgan fingerprint density at radius 2 is 1.84 bits per heavy atom. The maximum absolute atomic E-state index is 5.81. The van der Waals surface area contributed by atoms with E-state index < -0.39 is 0 Å². The minimum Gasteiger partial charge on any atom is -0.490 e. The third-order valence-electron chi connectivity index (χ3n) is 4.14. The molecule has 106 valence electrons. The molecule has 0 aromatic heterocycles. The summed E-state index contributed by atoms with van der Waals surface area (Å²) in [5.74, 6) is 1.01. The molecule has 0 spiro atoms. The zero-order chi connectivity index (χ0) is 13.9. The van der Waals surface area contributed by atoms with E-state index in [-0.39, 0.29) is 5.41 Å². The Morgan fingerprint density at radius 3 is 2.32 bits per heavy atom. The summed E-state index contributed by atoms with van der Waals surface area (Å²) < 4.78 is 5.81. The molecular formula is C17H27NO. The first-order chi connectivity index (χ1) is 9.06. The van der Waals surface area contributed by atoms with Crippen LogP contribution in [0.1, 0.15) is 58.6 Å². The van der Waals surface area contributed by atoms with Crippen LogP contribution in [0, 0.1) is 5.41 Å². The maximum Gasteiger partial charge on any atom is 0.119 e. The fourth-order valence-electron chi connectivity index (χ4n) is 2.37.